The molecule has 0 saturated carbocycles. The number of aromatic nitrogens is 6. The number of hydrogen-bond acceptors (Lipinski definition) is 8. The average Bonchev–Trinajstić information content (AvgIpc) is 3.24. The van der Waals surface area contributed by atoms with Crippen molar-refractivity contribution in [2.75, 3.05) is 42.7 Å². The van der Waals surface area contributed by atoms with Crippen LogP contribution in [0.5, 0.6) is 0 Å². The molecule has 3 aromatic rings. The van der Waals surface area contributed by atoms with Gasteiger partial charge in [-0.3, -0.25) is 14.5 Å². The number of rotatable bonds is 2. The molecule has 1 saturated heterocycles. The summed E-state index contributed by atoms with van der Waals surface area (Å²) >= 11 is 0. The van der Waals surface area contributed by atoms with Gasteiger partial charge in [0.1, 0.15) is 5.82 Å². The van der Waals surface area contributed by atoms with E-state index in [1.807, 2.05) is 26.0 Å². The first-order valence-corrected chi connectivity index (χ1v) is 9.89. The van der Waals surface area contributed by atoms with Gasteiger partial charge >= 0.3 is 0 Å². The van der Waals surface area contributed by atoms with E-state index in [9.17, 15) is 4.79 Å². The monoisotopic (exact) mass is 395 g/mol. The van der Waals surface area contributed by atoms with Crippen LogP contribution in [-0.4, -0.2) is 56.9 Å². The Kier molecular flexibility index (Phi) is 3.80. The lowest BCUT2D eigenvalue weighted by molar-refractivity contribution is 0.332. The lowest BCUT2D eigenvalue weighted by atomic mass is 9.77. The molecule has 0 amide bonds. The number of H-pyrrole nitrogens is 1. The van der Waals surface area contributed by atoms with Crippen molar-refractivity contribution in [2.45, 2.75) is 31.1 Å². The van der Waals surface area contributed by atoms with Crippen molar-refractivity contribution in [3.05, 3.63) is 27.8 Å². The highest BCUT2D eigenvalue weighted by molar-refractivity contribution is 5.86. The summed E-state index contributed by atoms with van der Waals surface area (Å²) in [6.07, 6.45) is 5.34. The van der Waals surface area contributed by atoms with Crippen molar-refractivity contribution in [2.24, 2.45) is 7.05 Å². The largest absolute Gasteiger partial charge is 0.383 e. The van der Waals surface area contributed by atoms with E-state index in [0.29, 0.717) is 17.7 Å². The zero-order valence-electron chi connectivity index (χ0n) is 16.9. The number of anilines is 3. The number of nitrogens with two attached hydrogens (primary N) is 1. The third-order valence-corrected chi connectivity index (χ3v) is 6.25. The third kappa shape index (κ3) is 2.65. The number of nitrogens with one attached hydrogen (secondary N) is 1. The van der Waals surface area contributed by atoms with Gasteiger partial charge in [0.25, 0.3) is 5.56 Å². The van der Waals surface area contributed by atoms with Crippen LogP contribution in [0.4, 0.5) is 17.7 Å². The van der Waals surface area contributed by atoms with E-state index < -0.39 is 0 Å². The van der Waals surface area contributed by atoms with Crippen molar-refractivity contribution >= 4 is 28.7 Å². The van der Waals surface area contributed by atoms with Gasteiger partial charge in [-0.05, 0) is 25.7 Å². The molecule has 1 unspecified atom stereocenters. The number of fused-ring (bicyclic) bond motifs is 3. The molecule has 1 atom stereocenters. The fourth-order valence-electron chi connectivity index (χ4n) is 4.72. The maximum absolute atomic E-state index is 12.6. The second-order valence-electron chi connectivity index (χ2n) is 8.33. The molecule has 0 bridgehead atoms. The van der Waals surface area contributed by atoms with Crippen molar-refractivity contribution in [1.29, 1.82) is 0 Å². The fraction of sp³-hybridized carbons (Fsp3) is 0.526. The molecule has 0 radical (unpaired) electrons. The number of nitrogen functional groups attached to an aromatic ring is 1. The predicted molar refractivity (Wildman–Crippen MR) is 111 cm³/mol. The summed E-state index contributed by atoms with van der Waals surface area (Å²) in [5, 5.41) is 5.00. The zero-order valence-corrected chi connectivity index (χ0v) is 16.9. The highest BCUT2D eigenvalue weighted by Crippen LogP contribution is 2.44. The summed E-state index contributed by atoms with van der Waals surface area (Å²) in [6, 6.07) is 0. The van der Waals surface area contributed by atoms with E-state index >= 15 is 0 Å². The smallest absolute Gasteiger partial charge is 0.255 e. The molecular formula is C19H25N9O. The second-order valence-corrected chi connectivity index (χ2v) is 8.33. The SMILES string of the molecule is CN(C)c1nc2c(c(=O)[nH]1)CCC21CCCN(c2nc(N)c3cnn(C)c3n2)C1. The van der Waals surface area contributed by atoms with Gasteiger partial charge in [-0.15, -0.1) is 0 Å². The van der Waals surface area contributed by atoms with Crippen LogP contribution in [0.1, 0.15) is 30.5 Å². The van der Waals surface area contributed by atoms with Crippen LogP contribution in [0.2, 0.25) is 0 Å². The summed E-state index contributed by atoms with van der Waals surface area (Å²) in [4.78, 5) is 33.7. The maximum Gasteiger partial charge on any atom is 0.255 e. The first kappa shape index (κ1) is 17.9. The summed E-state index contributed by atoms with van der Waals surface area (Å²) in [5.41, 5.74) is 8.47. The number of hydrogen-bond donors (Lipinski definition) is 2. The molecule has 1 aliphatic carbocycles. The Morgan fingerprint density at radius 2 is 2.07 bits per heavy atom. The quantitative estimate of drug-likeness (QED) is 0.646. The molecule has 3 N–H and O–H groups in total. The molecule has 3 aromatic heterocycles. The van der Waals surface area contributed by atoms with Crippen molar-refractivity contribution in [1.82, 2.24) is 29.7 Å². The van der Waals surface area contributed by atoms with Gasteiger partial charge in [0, 0.05) is 45.2 Å². The molecule has 1 aliphatic heterocycles. The lowest BCUT2D eigenvalue weighted by Crippen LogP contribution is -2.46. The van der Waals surface area contributed by atoms with Gasteiger partial charge in [-0.25, -0.2) is 4.98 Å². The Labute approximate surface area is 167 Å². The minimum absolute atomic E-state index is 0.0236. The molecule has 10 nitrogen and oxygen atoms in total. The minimum atomic E-state index is -0.161. The van der Waals surface area contributed by atoms with E-state index in [0.717, 1.165) is 61.1 Å². The molecular weight excluding hydrogens is 370 g/mol. The Morgan fingerprint density at radius 1 is 1.24 bits per heavy atom. The second kappa shape index (κ2) is 6.16. The van der Waals surface area contributed by atoms with Crippen LogP contribution in [-0.2, 0) is 18.9 Å². The molecule has 1 fully saturated rings. The third-order valence-electron chi connectivity index (χ3n) is 6.25. The van der Waals surface area contributed by atoms with Crippen molar-refractivity contribution in [3.63, 3.8) is 0 Å². The Morgan fingerprint density at radius 3 is 2.86 bits per heavy atom. The number of nitrogens with zero attached hydrogens (tertiary/aromatic N) is 7. The van der Waals surface area contributed by atoms with Crippen LogP contribution in [0.25, 0.3) is 11.0 Å². The highest BCUT2D eigenvalue weighted by Gasteiger charge is 2.45. The highest BCUT2D eigenvalue weighted by atomic mass is 16.1. The molecule has 1 spiro atoms. The van der Waals surface area contributed by atoms with E-state index in [4.69, 9.17) is 15.7 Å². The average molecular weight is 395 g/mol. The van der Waals surface area contributed by atoms with E-state index in [1.54, 1.807) is 10.9 Å². The number of aryl methyl sites for hydroxylation is 1. The van der Waals surface area contributed by atoms with Gasteiger partial charge in [0.2, 0.25) is 11.9 Å². The fourth-order valence-corrected chi connectivity index (χ4v) is 4.72. The molecule has 4 heterocycles. The van der Waals surface area contributed by atoms with E-state index in [-0.39, 0.29) is 11.0 Å². The predicted octanol–water partition coefficient (Wildman–Crippen LogP) is 0.579. The van der Waals surface area contributed by atoms with Crippen LogP contribution < -0.4 is 21.1 Å². The molecule has 10 heteroatoms. The minimum Gasteiger partial charge on any atom is -0.383 e. The van der Waals surface area contributed by atoms with Crippen molar-refractivity contribution in [3.8, 4) is 0 Å². The Balaban J connectivity index is 1.56. The first-order chi connectivity index (χ1) is 13.9. The standard InChI is InChI=1S/C19H25N9O/c1-26(2)17-22-13-11(16(29)25-17)5-7-19(13)6-4-8-28(10-19)18-23-14(20)12-9-21-27(3)15(12)24-18/h9H,4-8,10H2,1-3H3,(H2,20,23,24)(H,22,25,29). The summed E-state index contributed by atoms with van der Waals surface area (Å²) in [5.74, 6) is 1.65. The molecule has 152 valence electrons. The summed E-state index contributed by atoms with van der Waals surface area (Å²) in [7, 11) is 5.63. The molecule has 29 heavy (non-hydrogen) atoms. The van der Waals surface area contributed by atoms with Gasteiger partial charge in [0.05, 0.1) is 17.3 Å². The van der Waals surface area contributed by atoms with Crippen molar-refractivity contribution < 1.29 is 0 Å². The van der Waals surface area contributed by atoms with Crippen LogP contribution in [0.15, 0.2) is 11.0 Å². The van der Waals surface area contributed by atoms with Gasteiger partial charge in [-0.1, -0.05) is 0 Å². The lowest BCUT2D eigenvalue weighted by Gasteiger charge is -2.40. The molecule has 0 aromatic carbocycles. The number of piperidine rings is 1. The molecule has 2 aliphatic rings. The Hall–Kier alpha value is -3.17. The zero-order chi connectivity index (χ0) is 20.3. The van der Waals surface area contributed by atoms with E-state index in [1.165, 1.54) is 0 Å². The summed E-state index contributed by atoms with van der Waals surface area (Å²) < 4.78 is 1.71. The molecule has 5 rings (SSSR count). The number of aromatic amines is 1. The van der Waals surface area contributed by atoms with Gasteiger partial charge in [-0.2, -0.15) is 15.1 Å². The van der Waals surface area contributed by atoms with Gasteiger partial charge < -0.3 is 15.5 Å². The van der Waals surface area contributed by atoms with E-state index in [2.05, 4.69) is 20.0 Å². The van der Waals surface area contributed by atoms with Crippen LogP contribution in [0, 0.1) is 0 Å². The Bertz CT molecular complexity index is 1160. The van der Waals surface area contributed by atoms with Gasteiger partial charge in [0.15, 0.2) is 5.65 Å². The maximum atomic E-state index is 12.6. The topological polar surface area (TPSA) is 122 Å². The first-order valence-electron chi connectivity index (χ1n) is 9.89. The van der Waals surface area contributed by atoms with Crippen LogP contribution in [0.3, 0.4) is 0 Å². The normalized spacial score (nSPS) is 21.1. The summed E-state index contributed by atoms with van der Waals surface area (Å²) in [6.45, 7) is 1.58. The van der Waals surface area contributed by atoms with Crippen LogP contribution >= 0.6 is 0 Å².